The van der Waals surface area contributed by atoms with Gasteiger partial charge >= 0.3 is 233 Å². The molecule has 0 rings (SSSR count). The summed E-state index contributed by atoms with van der Waals surface area (Å²) in [6, 6.07) is 0. The van der Waals surface area contributed by atoms with Crippen LogP contribution in [0.1, 0.15) is 19.8 Å². The molecule has 0 bridgehead atoms. The fourth-order valence-corrected chi connectivity index (χ4v) is 14.4. The minimum absolute atomic E-state index is 0.514. The van der Waals surface area contributed by atoms with Crippen molar-refractivity contribution in [3.05, 3.63) is 0 Å². The molecule has 0 amide bonds. The molecule has 0 radical (unpaired) electrons. The summed E-state index contributed by atoms with van der Waals surface area (Å²) in [4.78, 5) is 0. The van der Waals surface area contributed by atoms with Crippen molar-refractivity contribution < 1.29 is 122 Å². The summed E-state index contributed by atoms with van der Waals surface area (Å²) in [6.07, 6.45) is -28.3. The van der Waals surface area contributed by atoms with Crippen LogP contribution in [0.4, 0.5) is 119 Å². The van der Waals surface area contributed by atoms with Crippen LogP contribution in [0.15, 0.2) is 0 Å². The van der Waals surface area contributed by atoms with Crippen LogP contribution in [0, 0.1) is 0 Å². The average molecular weight is 849 g/mol. The Balaban J connectivity index is 9.05. The van der Waals surface area contributed by atoms with Crippen molar-refractivity contribution in [3.8, 4) is 0 Å². The third-order valence-electron chi connectivity index (χ3n) is 5.58. The first-order valence-electron chi connectivity index (χ1n) is 10.3. The maximum absolute atomic E-state index is 15.0. The first-order valence-corrected chi connectivity index (χ1v) is 15.7. The average Bonchev–Trinajstić information content (AvgIpc) is 2.78. The number of rotatable bonds is 13. The van der Waals surface area contributed by atoms with Crippen LogP contribution in [0.3, 0.4) is 0 Å². The summed E-state index contributed by atoms with van der Waals surface area (Å²) in [5.74, 6) is -55.5. The van der Waals surface area contributed by atoms with Crippen molar-refractivity contribution in [1.82, 2.24) is 0 Å². The summed E-state index contributed by atoms with van der Waals surface area (Å²) in [5.41, 5.74) is 0. The van der Waals surface area contributed by atoms with Crippen LogP contribution >= 0.6 is 0 Å². The number of hydrogen-bond donors (Lipinski definition) is 0. The molecular formula is C16H9F27OSn. The van der Waals surface area contributed by atoms with Gasteiger partial charge in [-0.15, -0.1) is 0 Å². The molecule has 0 aliphatic carbocycles. The molecule has 0 aliphatic rings. The molecule has 0 fully saturated rings. The first-order chi connectivity index (χ1) is 19.1. The van der Waals surface area contributed by atoms with Gasteiger partial charge in [0.05, 0.1) is 0 Å². The molecule has 272 valence electrons. The van der Waals surface area contributed by atoms with Gasteiger partial charge in [-0.05, 0) is 0 Å². The van der Waals surface area contributed by atoms with Gasteiger partial charge in [0.2, 0.25) is 0 Å². The van der Waals surface area contributed by atoms with Crippen molar-refractivity contribution in [1.29, 1.82) is 0 Å². The molecule has 0 atom stereocenters. The Morgan fingerprint density at radius 3 is 0.711 bits per heavy atom. The summed E-state index contributed by atoms with van der Waals surface area (Å²) in [6.45, 7) is -2.64. The van der Waals surface area contributed by atoms with E-state index in [1.54, 1.807) is 0 Å². The molecule has 0 aromatic heterocycles. The van der Waals surface area contributed by atoms with E-state index < -0.39 is 104 Å². The number of halogens is 27. The second-order valence-electron chi connectivity index (χ2n) is 8.55. The van der Waals surface area contributed by atoms with Crippen LogP contribution in [-0.4, -0.2) is 91.3 Å². The van der Waals surface area contributed by atoms with E-state index >= 15 is 0 Å². The molecular weight excluding hydrogens is 840 g/mol. The van der Waals surface area contributed by atoms with E-state index in [1.807, 2.05) is 0 Å². The number of hydrogen-bond acceptors (Lipinski definition) is 1. The van der Waals surface area contributed by atoms with Gasteiger partial charge in [-0.1, -0.05) is 0 Å². The van der Waals surface area contributed by atoms with Gasteiger partial charge in [-0.3, -0.25) is 0 Å². The van der Waals surface area contributed by atoms with E-state index in [-0.39, 0.29) is 0 Å². The van der Waals surface area contributed by atoms with Crippen LogP contribution in [0.2, 0.25) is 0 Å². The van der Waals surface area contributed by atoms with Crippen LogP contribution in [0.25, 0.3) is 0 Å². The summed E-state index contributed by atoms with van der Waals surface area (Å²) in [5, 5.41) is 0. The molecule has 29 heteroatoms. The van der Waals surface area contributed by atoms with Gasteiger partial charge in [0.25, 0.3) is 0 Å². The third kappa shape index (κ3) is 5.62. The van der Waals surface area contributed by atoms with Crippen molar-refractivity contribution >= 4 is 18.8 Å². The van der Waals surface area contributed by atoms with Crippen molar-refractivity contribution in [2.24, 2.45) is 0 Å². The van der Waals surface area contributed by atoms with E-state index in [9.17, 15) is 119 Å². The zero-order valence-corrected chi connectivity index (χ0v) is 23.1. The zero-order chi connectivity index (χ0) is 37.3. The fourth-order valence-electron chi connectivity index (χ4n) is 3.02. The zero-order valence-electron chi connectivity index (χ0n) is 20.2. The molecule has 0 heterocycles. The van der Waals surface area contributed by atoms with Gasteiger partial charge in [0.1, 0.15) is 0 Å². The Labute approximate surface area is 233 Å². The second-order valence-corrected chi connectivity index (χ2v) is 18.6. The molecule has 0 aromatic carbocycles. The topological polar surface area (TPSA) is 9.23 Å². The van der Waals surface area contributed by atoms with Crippen molar-refractivity contribution in [2.75, 3.05) is 6.61 Å². The molecule has 1 nitrogen and oxygen atoms in total. The Morgan fingerprint density at radius 2 is 0.556 bits per heavy atom. The van der Waals surface area contributed by atoms with Crippen molar-refractivity contribution in [2.45, 2.75) is 85.6 Å². The SMILES string of the molecule is CCCC[O][Sn]([C](F)(F)C(F)(F)C(F)(F)C(F)(F)F)([C](F)(F)C(F)(F)C(F)(F)C(F)(F)F)[C](F)(F)C(F)(F)C(F)(F)C(F)(F)F. The van der Waals surface area contributed by atoms with E-state index in [2.05, 4.69) is 3.07 Å². The van der Waals surface area contributed by atoms with Crippen LogP contribution in [-0.2, 0) is 3.07 Å². The Hall–Kier alpha value is -1.13. The number of unbranched alkanes of at least 4 members (excludes halogenated alkanes) is 1. The van der Waals surface area contributed by atoms with Crippen LogP contribution in [0.5, 0.6) is 0 Å². The standard InChI is InChI=1S/3C4F9.C4H9O.Sn/c3*5-1(6)2(7,8)3(9,10)4(11,12)13;1-2-3-4-5;/h;;;2-4H2,1H3;/q;;;-1;+1. The third-order valence-corrected chi connectivity index (χ3v) is 17.7. The monoisotopic (exact) mass is 850 g/mol. The quantitative estimate of drug-likeness (QED) is 0.102. The minimum atomic E-state index is -13.4. The fraction of sp³-hybridized carbons (Fsp3) is 1.00. The van der Waals surface area contributed by atoms with Gasteiger partial charge in [0.15, 0.2) is 0 Å². The predicted molar refractivity (Wildman–Crippen MR) is 89.3 cm³/mol. The Morgan fingerprint density at radius 1 is 0.356 bits per heavy atom. The molecule has 0 spiro atoms. The Bertz CT molecular complexity index is 909. The number of alkyl halides is 27. The molecule has 0 unspecified atom stereocenters. The first kappa shape index (κ1) is 43.9. The maximum atomic E-state index is 15.0. The predicted octanol–water partition coefficient (Wildman–Crippen LogP) is 9.77. The van der Waals surface area contributed by atoms with Gasteiger partial charge in [-0.25, -0.2) is 0 Å². The summed E-state index contributed by atoms with van der Waals surface area (Å²) >= 11 is -13.4. The van der Waals surface area contributed by atoms with Gasteiger partial charge in [-0.2, -0.15) is 0 Å². The van der Waals surface area contributed by atoms with Crippen LogP contribution < -0.4 is 0 Å². The second kappa shape index (κ2) is 11.5. The summed E-state index contributed by atoms with van der Waals surface area (Å²) in [7, 11) is 0. The molecule has 0 aliphatic heterocycles. The molecule has 0 N–H and O–H groups in total. The molecule has 0 saturated carbocycles. The normalized spacial score (nSPS) is 16.8. The van der Waals surface area contributed by atoms with E-state index in [1.165, 1.54) is 0 Å². The molecule has 0 aromatic rings. The summed E-state index contributed by atoms with van der Waals surface area (Å²) < 4.78 is 341. The van der Waals surface area contributed by atoms with E-state index in [0.29, 0.717) is 6.92 Å². The van der Waals surface area contributed by atoms with E-state index in [0.717, 1.165) is 0 Å². The Kier molecular flexibility index (Phi) is 11.2. The van der Waals surface area contributed by atoms with E-state index in [4.69, 9.17) is 0 Å². The van der Waals surface area contributed by atoms with Crippen molar-refractivity contribution in [3.63, 3.8) is 0 Å². The molecule has 45 heavy (non-hydrogen) atoms. The van der Waals surface area contributed by atoms with Gasteiger partial charge in [0, 0.05) is 0 Å². The van der Waals surface area contributed by atoms with Gasteiger partial charge < -0.3 is 0 Å². The molecule has 0 saturated heterocycles.